The molecule has 0 rings (SSSR count). The van der Waals surface area contributed by atoms with Crippen molar-refractivity contribution in [1.29, 1.82) is 0 Å². The molecule has 0 saturated carbocycles. The van der Waals surface area contributed by atoms with E-state index in [2.05, 4.69) is 12.2 Å². The molecule has 1 amide bonds. The number of rotatable bonds is 10. The molecule has 0 aliphatic carbocycles. The Hall–Kier alpha value is -0.970. The summed E-state index contributed by atoms with van der Waals surface area (Å²) in [5.74, 6) is 0.642. The van der Waals surface area contributed by atoms with Crippen LogP contribution in [-0.2, 0) is 9.59 Å². The Labute approximate surface area is 113 Å². The highest BCUT2D eigenvalue weighted by Gasteiger charge is 2.17. The van der Waals surface area contributed by atoms with Crippen LogP contribution in [0.25, 0.3) is 0 Å². The smallest absolute Gasteiger partial charge is 0.326 e. The quantitative estimate of drug-likeness (QED) is 0.474. The van der Waals surface area contributed by atoms with Crippen LogP contribution in [0.15, 0.2) is 12.2 Å². The first-order chi connectivity index (χ1) is 8.61. The Bertz CT molecular complexity index is 279. The predicted octanol–water partition coefficient (Wildman–Crippen LogP) is 2.45. The number of carboxylic acids is 1. The maximum absolute atomic E-state index is 11.5. The third kappa shape index (κ3) is 9.10. The Morgan fingerprint density at radius 3 is 2.67 bits per heavy atom. The molecule has 0 heterocycles. The van der Waals surface area contributed by atoms with E-state index in [1.807, 2.05) is 6.92 Å². The van der Waals surface area contributed by atoms with Gasteiger partial charge in [0.15, 0.2) is 0 Å². The molecule has 18 heavy (non-hydrogen) atoms. The minimum atomic E-state index is -0.986. The third-order valence-corrected chi connectivity index (χ3v) is 3.43. The lowest BCUT2D eigenvalue weighted by atomic mass is 10.2. The number of carbonyl (C=O) groups excluding carboxylic acids is 1. The van der Waals surface area contributed by atoms with Crippen LogP contribution in [0, 0.1) is 0 Å². The summed E-state index contributed by atoms with van der Waals surface area (Å²) in [6, 6.07) is -0.811. The molecular formula is C13H23NO3S. The second-order valence-electron chi connectivity index (χ2n) is 3.98. The van der Waals surface area contributed by atoms with E-state index >= 15 is 0 Å². The molecule has 0 radical (unpaired) electrons. The van der Waals surface area contributed by atoms with Gasteiger partial charge in [0.2, 0.25) is 5.91 Å². The van der Waals surface area contributed by atoms with Crippen molar-refractivity contribution in [2.45, 2.75) is 45.6 Å². The molecule has 0 aliphatic rings. The Balaban J connectivity index is 3.84. The predicted molar refractivity (Wildman–Crippen MR) is 75.8 cm³/mol. The van der Waals surface area contributed by atoms with E-state index < -0.39 is 12.0 Å². The zero-order valence-corrected chi connectivity index (χ0v) is 12.0. The fourth-order valence-corrected chi connectivity index (χ4v) is 2.30. The SMILES string of the molecule is C/C=C/CC(NC(=O)CCSCCCC)C(=O)O. The fraction of sp³-hybridized carbons (Fsp3) is 0.692. The monoisotopic (exact) mass is 273 g/mol. The van der Waals surface area contributed by atoms with Crippen LogP contribution in [0.5, 0.6) is 0 Å². The Morgan fingerprint density at radius 1 is 1.39 bits per heavy atom. The number of hydrogen-bond acceptors (Lipinski definition) is 3. The highest BCUT2D eigenvalue weighted by Crippen LogP contribution is 2.06. The number of carboxylic acid groups (broad SMARTS) is 1. The van der Waals surface area contributed by atoms with Gasteiger partial charge < -0.3 is 10.4 Å². The van der Waals surface area contributed by atoms with Gasteiger partial charge in [0.1, 0.15) is 6.04 Å². The average molecular weight is 273 g/mol. The van der Waals surface area contributed by atoms with Crippen LogP contribution in [0.3, 0.4) is 0 Å². The van der Waals surface area contributed by atoms with Crippen molar-refractivity contribution >= 4 is 23.6 Å². The van der Waals surface area contributed by atoms with Gasteiger partial charge in [-0.3, -0.25) is 4.79 Å². The van der Waals surface area contributed by atoms with Crippen molar-refractivity contribution in [2.24, 2.45) is 0 Å². The van der Waals surface area contributed by atoms with Crippen LogP contribution in [-0.4, -0.2) is 34.5 Å². The summed E-state index contributed by atoms with van der Waals surface area (Å²) >= 11 is 1.74. The van der Waals surface area contributed by atoms with E-state index in [0.717, 1.165) is 24.3 Å². The maximum Gasteiger partial charge on any atom is 0.326 e. The van der Waals surface area contributed by atoms with E-state index in [9.17, 15) is 9.59 Å². The van der Waals surface area contributed by atoms with Crippen LogP contribution in [0.1, 0.15) is 39.5 Å². The molecular weight excluding hydrogens is 250 g/mol. The normalized spacial score (nSPS) is 12.6. The molecule has 104 valence electrons. The second kappa shape index (κ2) is 11.1. The van der Waals surface area contributed by atoms with E-state index in [1.165, 1.54) is 0 Å². The summed E-state index contributed by atoms with van der Waals surface area (Å²) in [6.45, 7) is 3.96. The molecule has 0 saturated heterocycles. The number of thioether (sulfide) groups is 1. The van der Waals surface area contributed by atoms with Crippen molar-refractivity contribution in [1.82, 2.24) is 5.32 Å². The summed E-state index contributed by atoms with van der Waals surface area (Å²) in [4.78, 5) is 22.4. The molecule has 1 unspecified atom stereocenters. The largest absolute Gasteiger partial charge is 0.480 e. The van der Waals surface area contributed by atoms with Gasteiger partial charge in [-0.25, -0.2) is 4.79 Å². The standard InChI is InChI=1S/C13H23NO3S/c1-3-5-7-11(13(16)17)14-12(15)8-10-18-9-6-4-2/h3,5,11H,4,6-10H2,1-2H3,(H,14,15)(H,16,17)/b5-3+. The van der Waals surface area contributed by atoms with E-state index in [4.69, 9.17) is 5.11 Å². The van der Waals surface area contributed by atoms with Crippen LogP contribution >= 0.6 is 11.8 Å². The highest BCUT2D eigenvalue weighted by molar-refractivity contribution is 7.99. The van der Waals surface area contributed by atoms with Gasteiger partial charge >= 0.3 is 5.97 Å². The van der Waals surface area contributed by atoms with Gasteiger partial charge in [0.05, 0.1) is 0 Å². The Kier molecular flexibility index (Phi) is 10.5. The molecule has 0 bridgehead atoms. The lowest BCUT2D eigenvalue weighted by molar-refractivity contribution is -0.141. The molecule has 0 fully saturated rings. The van der Waals surface area contributed by atoms with Crippen molar-refractivity contribution in [3.05, 3.63) is 12.2 Å². The fourth-order valence-electron chi connectivity index (χ4n) is 1.27. The molecule has 1 atom stereocenters. The zero-order valence-electron chi connectivity index (χ0n) is 11.1. The molecule has 0 aliphatic heterocycles. The van der Waals surface area contributed by atoms with Crippen molar-refractivity contribution in [3.63, 3.8) is 0 Å². The van der Waals surface area contributed by atoms with Gasteiger partial charge in [-0.2, -0.15) is 11.8 Å². The summed E-state index contributed by atoms with van der Waals surface area (Å²) in [6.07, 6.45) is 6.56. The molecule has 0 spiro atoms. The molecule has 0 aromatic heterocycles. The van der Waals surface area contributed by atoms with Crippen molar-refractivity contribution in [2.75, 3.05) is 11.5 Å². The molecule has 2 N–H and O–H groups in total. The van der Waals surface area contributed by atoms with E-state index in [0.29, 0.717) is 12.8 Å². The van der Waals surface area contributed by atoms with Crippen molar-refractivity contribution < 1.29 is 14.7 Å². The first-order valence-corrected chi connectivity index (χ1v) is 7.48. The number of nitrogens with one attached hydrogen (secondary N) is 1. The van der Waals surface area contributed by atoms with Crippen LogP contribution in [0.2, 0.25) is 0 Å². The first kappa shape index (κ1) is 17.0. The van der Waals surface area contributed by atoms with Gasteiger partial charge in [-0.1, -0.05) is 25.5 Å². The number of unbranched alkanes of at least 4 members (excludes halogenated alkanes) is 1. The molecule has 5 heteroatoms. The lowest BCUT2D eigenvalue weighted by Gasteiger charge is -2.12. The van der Waals surface area contributed by atoms with Crippen LogP contribution in [0.4, 0.5) is 0 Å². The van der Waals surface area contributed by atoms with E-state index in [1.54, 1.807) is 23.9 Å². The number of allylic oxidation sites excluding steroid dienone is 1. The lowest BCUT2D eigenvalue weighted by Crippen LogP contribution is -2.40. The van der Waals surface area contributed by atoms with Gasteiger partial charge in [-0.15, -0.1) is 0 Å². The minimum Gasteiger partial charge on any atom is -0.480 e. The van der Waals surface area contributed by atoms with E-state index in [-0.39, 0.29) is 5.91 Å². The summed E-state index contributed by atoms with van der Waals surface area (Å²) in [5.41, 5.74) is 0. The van der Waals surface area contributed by atoms with Crippen molar-refractivity contribution in [3.8, 4) is 0 Å². The summed E-state index contributed by atoms with van der Waals surface area (Å²) in [7, 11) is 0. The van der Waals surface area contributed by atoms with Gasteiger partial charge in [0.25, 0.3) is 0 Å². The average Bonchev–Trinajstić information content (AvgIpc) is 2.33. The second-order valence-corrected chi connectivity index (χ2v) is 5.20. The number of aliphatic carboxylic acids is 1. The molecule has 0 aromatic carbocycles. The minimum absolute atomic E-state index is 0.184. The highest BCUT2D eigenvalue weighted by atomic mass is 32.2. The number of amides is 1. The van der Waals surface area contributed by atoms with Crippen LogP contribution < -0.4 is 5.32 Å². The van der Waals surface area contributed by atoms with Gasteiger partial charge in [0, 0.05) is 12.2 Å². The number of carbonyl (C=O) groups is 2. The molecule has 4 nitrogen and oxygen atoms in total. The Morgan fingerprint density at radius 2 is 2.11 bits per heavy atom. The topological polar surface area (TPSA) is 66.4 Å². The molecule has 0 aromatic rings. The zero-order chi connectivity index (χ0) is 13.8. The summed E-state index contributed by atoms with van der Waals surface area (Å²) in [5, 5.41) is 11.5. The van der Waals surface area contributed by atoms with Gasteiger partial charge in [-0.05, 0) is 25.5 Å². The third-order valence-electron chi connectivity index (χ3n) is 2.36. The maximum atomic E-state index is 11.5. The first-order valence-electron chi connectivity index (χ1n) is 6.32. The number of hydrogen-bond donors (Lipinski definition) is 2. The summed E-state index contributed by atoms with van der Waals surface area (Å²) < 4.78 is 0.